The number of carbonyl (C=O) groups excluding carboxylic acids is 2. The summed E-state index contributed by atoms with van der Waals surface area (Å²) in [5.41, 5.74) is 5.95. The summed E-state index contributed by atoms with van der Waals surface area (Å²) in [6.07, 6.45) is 0.288. The van der Waals surface area contributed by atoms with Crippen molar-refractivity contribution in [3.05, 3.63) is 48.1 Å². The van der Waals surface area contributed by atoms with Crippen LogP contribution in [0.3, 0.4) is 0 Å². The predicted octanol–water partition coefficient (Wildman–Crippen LogP) is 1.04. The van der Waals surface area contributed by atoms with Crippen molar-refractivity contribution in [1.82, 2.24) is 14.8 Å². The molecule has 1 aromatic heterocycles. The van der Waals surface area contributed by atoms with Crippen LogP contribution >= 0.6 is 0 Å². The second-order valence-corrected chi connectivity index (χ2v) is 8.30. The van der Waals surface area contributed by atoms with Gasteiger partial charge in [0.05, 0.1) is 0 Å². The highest BCUT2D eigenvalue weighted by Crippen LogP contribution is 2.32. The number of para-hydroxylation sites is 1. The van der Waals surface area contributed by atoms with E-state index in [1.807, 2.05) is 13.8 Å². The number of nitrogens with two attached hydrogens (primary N) is 1. The van der Waals surface area contributed by atoms with Crippen LogP contribution in [0.5, 0.6) is 5.75 Å². The SMILES string of the molecule is CC(=O)Oc1ccccc1/C=C/C(=O)OCC1OC(n2cnc(C(=N)N)n2)C(OCC(C)C)C1O. The third-order valence-corrected chi connectivity index (χ3v) is 4.91. The third-order valence-electron chi connectivity index (χ3n) is 4.91. The van der Waals surface area contributed by atoms with Crippen molar-refractivity contribution in [3.63, 3.8) is 0 Å². The highest BCUT2D eigenvalue weighted by molar-refractivity contribution is 5.90. The lowest BCUT2D eigenvalue weighted by molar-refractivity contribution is -0.144. The molecule has 188 valence electrons. The van der Waals surface area contributed by atoms with Gasteiger partial charge in [-0.2, -0.15) is 0 Å². The average molecular weight is 488 g/mol. The molecule has 0 amide bonds. The standard InChI is InChI=1S/C23H29N5O7/c1-13(2)10-33-20-19(31)17(35-23(20)28-12-26-22(27-28)21(24)25)11-32-18(30)9-8-15-6-4-5-7-16(15)34-14(3)29/h4-9,12-13,17,19-20,23,31H,10-11H2,1-3H3,(H3,24,25)/b9-8+. The van der Waals surface area contributed by atoms with Crippen LogP contribution in [0.15, 0.2) is 36.7 Å². The summed E-state index contributed by atoms with van der Waals surface area (Å²) in [5.74, 6) is -0.949. The second-order valence-electron chi connectivity index (χ2n) is 8.30. The number of amidine groups is 1. The maximum atomic E-state index is 12.3. The summed E-state index contributed by atoms with van der Waals surface area (Å²) < 4.78 is 23.4. The molecule has 1 aromatic carbocycles. The second kappa shape index (κ2) is 11.7. The van der Waals surface area contributed by atoms with Crippen LogP contribution in [-0.2, 0) is 23.8 Å². The van der Waals surface area contributed by atoms with Crippen molar-refractivity contribution in [2.45, 2.75) is 45.3 Å². The quantitative estimate of drug-likeness (QED) is 0.145. The molecule has 4 unspecified atom stereocenters. The molecular formula is C23H29N5O7. The Hall–Kier alpha value is -3.61. The first-order valence-corrected chi connectivity index (χ1v) is 11.0. The zero-order valence-corrected chi connectivity index (χ0v) is 19.7. The largest absolute Gasteiger partial charge is 0.460 e. The molecule has 0 bridgehead atoms. The van der Waals surface area contributed by atoms with Crippen LogP contribution in [0, 0.1) is 11.3 Å². The summed E-state index contributed by atoms with van der Waals surface area (Å²) in [5, 5.41) is 22.4. The number of esters is 2. The Morgan fingerprint density at radius 1 is 1.34 bits per heavy atom. The molecule has 1 aliphatic heterocycles. The van der Waals surface area contributed by atoms with E-state index in [4.69, 9.17) is 30.1 Å². The van der Waals surface area contributed by atoms with Gasteiger partial charge < -0.3 is 29.8 Å². The molecular weight excluding hydrogens is 458 g/mol. The van der Waals surface area contributed by atoms with Crippen LogP contribution in [0.4, 0.5) is 0 Å². The van der Waals surface area contributed by atoms with E-state index in [1.165, 1.54) is 30.1 Å². The highest BCUT2D eigenvalue weighted by Gasteiger charge is 2.46. The molecule has 35 heavy (non-hydrogen) atoms. The number of rotatable bonds is 10. The van der Waals surface area contributed by atoms with E-state index in [0.717, 1.165) is 0 Å². The maximum absolute atomic E-state index is 12.3. The number of aliphatic hydroxyl groups excluding tert-OH is 1. The molecule has 0 aliphatic carbocycles. The third kappa shape index (κ3) is 6.94. The summed E-state index contributed by atoms with van der Waals surface area (Å²) in [6.45, 7) is 5.32. The first-order valence-electron chi connectivity index (χ1n) is 11.0. The van der Waals surface area contributed by atoms with Gasteiger partial charge in [0.25, 0.3) is 0 Å². The number of nitrogens with zero attached hydrogens (tertiary/aromatic N) is 3. The van der Waals surface area contributed by atoms with Crippen molar-refractivity contribution in [2.24, 2.45) is 11.7 Å². The summed E-state index contributed by atoms with van der Waals surface area (Å²) in [4.78, 5) is 27.5. The average Bonchev–Trinajstić information content (AvgIpc) is 3.40. The van der Waals surface area contributed by atoms with Crippen LogP contribution in [-0.4, -0.2) is 69.2 Å². The number of nitrogen functional groups attached to an aromatic ring is 1. The molecule has 12 heteroatoms. The fraction of sp³-hybridized carbons (Fsp3) is 0.435. The molecule has 4 atom stereocenters. The van der Waals surface area contributed by atoms with Gasteiger partial charge in [-0.1, -0.05) is 32.0 Å². The van der Waals surface area contributed by atoms with E-state index in [1.54, 1.807) is 24.3 Å². The van der Waals surface area contributed by atoms with Crippen molar-refractivity contribution >= 4 is 23.9 Å². The van der Waals surface area contributed by atoms with Crippen LogP contribution in [0.1, 0.15) is 38.4 Å². The molecule has 2 heterocycles. The molecule has 1 aliphatic rings. The molecule has 1 saturated heterocycles. The van der Waals surface area contributed by atoms with E-state index in [0.29, 0.717) is 17.9 Å². The Kier molecular flexibility index (Phi) is 8.68. The molecule has 3 rings (SSSR count). The minimum atomic E-state index is -1.12. The zero-order chi connectivity index (χ0) is 25.5. The van der Waals surface area contributed by atoms with Crippen molar-refractivity contribution < 1.29 is 33.6 Å². The first kappa shape index (κ1) is 26.0. The van der Waals surface area contributed by atoms with Gasteiger partial charge in [0.2, 0.25) is 5.82 Å². The fourth-order valence-corrected chi connectivity index (χ4v) is 3.31. The molecule has 2 aromatic rings. The number of carbonyl (C=O) groups is 2. The molecule has 0 saturated carbocycles. The monoisotopic (exact) mass is 487 g/mol. The Bertz CT molecular complexity index is 1080. The normalized spacial score (nSPS) is 22.0. The molecule has 0 radical (unpaired) electrons. The van der Waals surface area contributed by atoms with E-state index in [9.17, 15) is 14.7 Å². The lowest BCUT2D eigenvalue weighted by Crippen LogP contribution is -2.37. The van der Waals surface area contributed by atoms with E-state index >= 15 is 0 Å². The minimum Gasteiger partial charge on any atom is -0.460 e. The predicted molar refractivity (Wildman–Crippen MR) is 123 cm³/mol. The van der Waals surface area contributed by atoms with Gasteiger partial charge in [-0.05, 0) is 18.1 Å². The fourth-order valence-electron chi connectivity index (χ4n) is 3.31. The van der Waals surface area contributed by atoms with E-state index in [-0.39, 0.29) is 24.2 Å². The number of hydrogen-bond acceptors (Lipinski definition) is 10. The van der Waals surface area contributed by atoms with Gasteiger partial charge in [0, 0.05) is 25.2 Å². The first-order chi connectivity index (χ1) is 16.7. The number of aromatic nitrogens is 3. The van der Waals surface area contributed by atoms with Gasteiger partial charge in [0.15, 0.2) is 12.1 Å². The van der Waals surface area contributed by atoms with Crippen LogP contribution in [0.25, 0.3) is 6.08 Å². The summed E-state index contributed by atoms with van der Waals surface area (Å²) in [6, 6.07) is 6.73. The number of benzene rings is 1. The van der Waals surface area contributed by atoms with Crippen molar-refractivity contribution in [2.75, 3.05) is 13.2 Å². The van der Waals surface area contributed by atoms with Crippen molar-refractivity contribution in [3.8, 4) is 5.75 Å². The Morgan fingerprint density at radius 2 is 2.09 bits per heavy atom. The molecule has 1 fully saturated rings. The van der Waals surface area contributed by atoms with E-state index < -0.39 is 36.5 Å². The highest BCUT2D eigenvalue weighted by atomic mass is 16.6. The Morgan fingerprint density at radius 3 is 2.74 bits per heavy atom. The van der Waals surface area contributed by atoms with Gasteiger partial charge in [0.1, 0.15) is 37.0 Å². The summed E-state index contributed by atoms with van der Waals surface area (Å²) >= 11 is 0. The van der Waals surface area contributed by atoms with Gasteiger partial charge in [-0.3, -0.25) is 10.2 Å². The lowest BCUT2D eigenvalue weighted by Gasteiger charge is -2.21. The Balaban J connectivity index is 1.66. The van der Waals surface area contributed by atoms with Crippen LogP contribution in [0.2, 0.25) is 0 Å². The number of nitrogens with one attached hydrogen (secondary N) is 1. The number of hydrogen-bond donors (Lipinski definition) is 3. The number of aliphatic hydroxyl groups is 1. The smallest absolute Gasteiger partial charge is 0.330 e. The Labute approximate surface area is 202 Å². The van der Waals surface area contributed by atoms with Gasteiger partial charge >= 0.3 is 11.9 Å². The lowest BCUT2D eigenvalue weighted by atomic mass is 10.1. The topological polar surface area (TPSA) is 172 Å². The zero-order valence-electron chi connectivity index (χ0n) is 19.7. The number of ether oxygens (including phenoxy) is 4. The minimum absolute atomic E-state index is 0.0137. The van der Waals surface area contributed by atoms with Crippen LogP contribution < -0.4 is 10.5 Å². The molecule has 0 spiro atoms. The molecule has 12 nitrogen and oxygen atoms in total. The van der Waals surface area contributed by atoms with Gasteiger partial charge in [-0.25, -0.2) is 14.5 Å². The molecule has 4 N–H and O–H groups in total. The van der Waals surface area contributed by atoms with E-state index in [2.05, 4.69) is 10.1 Å². The maximum Gasteiger partial charge on any atom is 0.330 e. The summed E-state index contributed by atoms with van der Waals surface area (Å²) in [7, 11) is 0. The van der Waals surface area contributed by atoms with Gasteiger partial charge in [-0.15, -0.1) is 5.10 Å². The van der Waals surface area contributed by atoms with Crippen molar-refractivity contribution in [1.29, 1.82) is 5.41 Å².